The average Bonchev–Trinajstić information content (AvgIpc) is 2.23. The van der Waals surface area contributed by atoms with Gasteiger partial charge in [-0.05, 0) is 19.4 Å². The molecule has 1 unspecified atom stereocenters. The van der Waals surface area contributed by atoms with E-state index in [1.165, 1.54) is 0 Å². The van der Waals surface area contributed by atoms with Crippen LogP contribution in [0.5, 0.6) is 0 Å². The van der Waals surface area contributed by atoms with Crippen molar-refractivity contribution in [2.45, 2.75) is 38.0 Å². The number of morpholine rings is 1. The van der Waals surface area contributed by atoms with Gasteiger partial charge in [0.1, 0.15) is 0 Å². The van der Waals surface area contributed by atoms with Crippen LogP contribution in [0.15, 0.2) is 0 Å². The fourth-order valence-corrected chi connectivity index (χ4v) is 2.24. The largest absolute Gasteiger partial charge is 0.393 e. The van der Waals surface area contributed by atoms with Crippen LogP contribution in [-0.4, -0.2) is 61.0 Å². The Balaban J connectivity index is 1.62. The summed E-state index contributed by atoms with van der Waals surface area (Å²) in [4.78, 5) is 2.42. The first-order valence-electron chi connectivity index (χ1n) is 6.03. The quantitative estimate of drug-likeness (QED) is 0.681. The van der Waals surface area contributed by atoms with Gasteiger partial charge in [-0.3, -0.25) is 4.90 Å². The summed E-state index contributed by atoms with van der Waals surface area (Å²) < 4.78 is 5.69. The number of ether oxygens (including phenoxy) is 1. The summed E-state index contributed by atoms with van der Waals surface area (Å²) in [6.45, 7) is 7.19. The zero-order chi connectivity index (χ0) is 10.7. The van der Waals surface area contributed by atoms with Crippen LogP contribution in [0.4, 0.5) is 0 Å². The fourth-order valence-electron chi connectivity index (χ4n) is 2.24. The van der Waals surface area contributed by atoms with Gasteiger partial charge in [-0.2, -0.15) is 0 Å². The van der Waals surface area contributed by atoms with Crippen molar-refractivity contribution in [3.63, 3.8) is 0 Å². The predicted molar refractivity (Wildman–Crippen MR) is 58.9 cm³/mol. The van der Waals surface area contributed by atoms with E-state index in [1.807, 2.05) is 0 Å². The zero-order valence-corrected chi connectivity index (χ0v) is 9.48. The van der Waals surface area contributed by atoms with Gasteiger partial charge in [0.25, 0.3) is 0 Å². The minimum absolute atomic E-state index is 0.0677. The molecule has 15 heavy (non-hydrogen) atoms. The van der Waals surface area contributed by atoms with Gasteiger partial charge in [-0.15, -0.1) is 0 Å². The second-order valence-electron chi connectivity index (χ2n) is 4.62. The van der Waals surface area contributed by atoms with Crippen molar-refractivity contribution in [2.24, 2.45) is 0 Å². The molecule has 1 saturated carbocycles. The van der Waals surface area contributed by atoms with Crippen LogP contribution in [0, 0.1) is 0 Å². The molecule has 0 aromatic heterocycles. The number of likely N-dealkylation sites (N-methyl/N-ethyl adjacent to an activating group) is 1. The number of nitrogens with one attached hydrogen (secondary N) is 1. The molecule has 2 fully saturated rings. The number of hydrogen-bond acceptors (Lipinski definition) is 4. The second kappa shape index (κ2) is 5.25. The lowest BCUT2D eigenvalue weighted by molar-refractivity contribution is -0.0309. The van der Waals surface area contributed by atoms with E-state index in [0.29, 0.717) is 12.1 Å². The molecule has 1 saturated heterocycles. The van der Waals surface area contributed by atoms with Crippen LogP contribution in [0.2, 0.25) is 0 Å². The predicted octanol–water partition coefficient (Wildman–Crippen LogP) is -0.180. The number of aliphatic hydroxyl groups is 1. The van der Waals surface area contributed by atoms with Gasteiger partial charge in [0.2, 0.25) is 0 Å². The molecule has 0 bridgehead atoms. The number of aliphatic hydroxyl groups excluding tert-OH is 1. The second-order valence-corrected chi connectivity index (χ2v) is 4.62. The van der Waals surface area contributed by atoms with Gasteiger partial charge in [0.05, 0.1) is 18.8 Å². The molecule has 2 rings (SSSR count). The highest BCUT2D eigenvalue weighted by atomic mass is 16.5. The van der Waals surface area contributed by atoms with Gasteiger partial charge >= 0.3 is 0 Å². The topological polar surface area (TPSA) is 44.7 Å². The summed E-state index contributed by atoms with van der Waals surface area (Å²) in [5.41, 5.74) is 0. The Morgan fingerprint density at radius 3 is 2.93 bits per heavy atom. The molecule has 2 aliphatic rings. The maximum absolute atomic E-state index is 9.16. The van der Waals surface area contributed by atoms with E-state index < -0.39 is 0 Å². The Kier molecular flexibility index (Phi) is 3.97. The third-order valence-corrected chi connectivity index (χ3v) is 3.42. The van der Waals surface area contributed by atoms with Crippen molar-refractivity contribution in [2.75, 3.05) is 32.8 Å². The average molecular weight is 214 g/mol. The van der Waals surface area contributed by atoms with Gasteiger partial charge in [-0.1, -0.05) is 6.92 Å². The Morgan fingerprint density at radius 2 is 2.27 bits per heavy atom. The highest BCUT2D eigenvalue weighted by Gasteiger charge is 2.28. The monoisotopic (exact) mass is 214 g/mol. The van der Waals surface area contributed by atoms with Gasteiger partial charge in [0, 0.05) is 25.7 Å². The molecule has 1 heterocycles. The molecule has 4 nitrogen and oxygen atoms in total. The van der Waals surface area contributed by atoms with E-state index in [2.05, 4.69) is 17.1 Å². The first kappa shape index (κ1) is 11.3. The number of nitrogens with zero attached hydrogens (tertiary/aromatic N) is 1. The van der Waals surface area contributed by atoms with Crippen LogP contribution < -0.4 is 5.32 Å². The van der Waals surface area contributed by atoms with Gasteiger partial charge in [-0.25, -0.2) is 0 Å². The molecular weight excluding hydrogens is 192 g/mol. The van der Waals surface area contributed by atoms with Crippen LogP contribution >= 0.6 is 0 Å². The lowest BCUT2D eigenvalue weighted by Gasteiger charge is -2.36. The SMILES string of the molecule is CCN1CCOC(CNC2CC(O)C2)C1. The Morgan fingerprint density at radius 1 is 1.47 bits per heavy atom. The number of hydrogen-bond donors (Lipinski definition) is 2. The van der Waals surface area contributed by atoms with Crippen LogP contribution in [0.25, 0.3) is 0 Å². The molecule has 0 aromatic rings. The van der Waals surface area contributed by atoms with E-state index in [9.17, 15) is 0 Å². The molecular formula is C11H22N2O2. The standard InChI is InChI=1S/C11H22N2O2/c1-2-13-3-4-15-11(8-13)7-12-9-5-10(14)6-9/h9-12,14H,2-8H2,1H3. The first-order valence-corrected chi connectivity index (χ1v) is 6.03. The molecule has 0 amide bonds. The Bertz CT molecular complexity index is 195. The minimum atomic E-state index is -0.0677. The van der Waals surface area contributed by atoms with Crippen molar-refractivity contribution >= 4 is 0 Å². The molecule has 1 aliphatic carbocycles. The number of rotatable bonds is 4. The highest BCUT2D eigenvalue weighted by molar-refractivity contribution is 4.86. The van der Waals surface area contributed by atoms with Crippen molar-refractivity contribution in [1.82, 2.24) is 10.2 Å². The van der Waals surface area contributed by atoms with Crippen LogP contribution in [0.3, 0.4) is 0 Å². The molecule has 0 radical (unpaired) electrons. The van der Waals surface area contributed by atoms with E-state index in [1.54, 1.807) is 0 Å². The molecule has 88 valence electrons. The molecule has 4 heteroatoms. The van der Waals surface area contributed by atoms with Crippen molar-refractivity contribution in [1.29, 1.82) is 0 Å². The summed E-state index contributed by atoms with van der Waals surface area (Å²) in [5.74, 6) is 0. The molecule has 0 spiro atoms. The van der Waals surface area contributed by atoms with Crippen LogP contribution in [0.1, 0.15) is 19.8 Å². The van der Waals surface area contributed by atoms with Crippen molar-refractivity contribution in [3.05, 3.63) is 0 Å². The normalized spacial score (nSPS) is 37.6. The van der Waals surface area contributed by atoms with Crippen molar-refractivity contribution in [3.8, 4) is 0 Å². The van der Waals surface area contributed by atoms with E-state index in [-0.39, 0.29) is 6.10 Å². The molecule has 2 N–H and O–H groups in total. The van der Waals surface area contributed by atoms with Gasteiger partial charge < -0.3 is 15.2 Å². The zero-order valence-electron chi connectivity index (χ0n) is 9.48. The maximum Gasteiger partial charge on any atom is 0.0826 e. The van der Waals surface area contributed by atoms with Crippen LogP contribution in [-0.2, 0) is 4.74 Å². The summed E-state index contributed by atoms with van der Waals surface area (Å²) >= 11 is 0. The maximum atomic E-state index is 9.16. The first-order chi connectivity index (χ1) is 7.28. The molecule has 0 aromatic carbocycles. The van der Waals surface area contributed by atoms with E-state index in [0.717, 1.165) is 45.6 Å². The van der Waals surface area contributed by atoms with Crippen molar-refractivity contribution < 1.29 is 9.84 Å². The van der Waals surface area contributed by atoms with Gasteiger partial charge in [0.15, 0.2) is 0 Å². The fraction of sp³-hybridized carbons (Fsp3) is 1.00. The lowest BCUT2D eigenvalue weighted by Crippen LogP contribution is -2.51. The summed E-state index contributed by atoms with van der Waals surface area (Å²) in [6.07, 6.45) is 2.08. The molecule has 1 atom stereocenters. The summed E-state index contributed by atoms with van der Waals surface area (Å²) in [5, 5.41) is 12.6. The minimum Gasteiger partial charge on any atom is -0.393 e. The molecule has 1 aliphatic heterocycles. The summed E-state index contributed by atoms with van der Waals surface area (Å²) in [6, 6.07) is 0.514. The lowest BCUT2D eigenvalue weighted by atomic mass is 9.89. The third-order valence-electron chi connectivity index (χ3n) is 3.42. The summed E-state index contributed by atoms with van der Waals surface area (Å²) in [7, 11) is 0. The highest BCUT2D eigenvalue weighted by Crippen LogP contribution is 2.19. The Hall–Kier alpha value is -0.160. The smallest absolute Gasteiger partial charge is 0.0826 e. The van der Waals surface area contributed by atoms with E-state index in [4.69, 9.17) is 9.84 Å². The van der Waals surface area contributed by atoms with E-state index >= 15 is 0 Å². The Labute approximate surface area is 91.6 Å². The third kappa shape index (κ3) is 3.14.